The maximum absolute atomic E-state index is 6.11. The molecule has 6 heteroatoms. The molecule has 0 saturated carbocycles. The molecular formula is C12H11ClN4O. The van der Waals surface area contributed by atoms with Crippen LogP contribution in [0.25, 0.3) is 16.7 Å². The van der Waals surface area contributed by atoms with E-state index < -0.39 is 0 Å². The van der Waals surface area contributed by atoms with Crippen LogP contribution in [0.2, 0.25) is 5.15 Å². The molecule has 0 spiro atoms. The third-order valence-corrected chi connectivity index (χ3v) is 3.13. The summed E-state index contributed by atoms with van der Waals surface area (Å²) in [5.74, 6) is 1.62. The molecule has 0 N–H and O–H groups in total. The molecule has 2 heterocycles. The van der Waals surface area contributed by atoms with Crippen molar-refractivity contribution in [3.63, 3.8) is 0 Å². The molecule has 0 atom stereocenters. The first-order chi connectivity index (χ1) is 8.74. The lowest BCUT2D eigenvalue weighted by atomic mass is 10.2. The average molecular weight is 263 g/mol. The molecule has 0 unspecified atom stereocenters. The summed E-state index contributed by atoms with van der Waals surface area (Å²) >= 11 is 6.11. The molecule has 5 nitrogen and oxygen atoms in total. The molecule has 18 heavy (non-hydrogen) atoms. The molecule has 1 aromatic carbocycles. The Morgan fingerprint density at radius 3 is 2.89 bits per heavy atom. The summed E-state index contributed by atoms with van der Waals surface area (Å²) in [5, 5.41) is 8.56. The van der Waals surface area contributed by atoms with Gasteiger partial charge < -0.3 is 4.74 Å². The van der Waals surface area contributed by atoms with Crippen molar-refractivity contribution < 1.29 is 4.74 Å². The molecule has 3 aromatic rings. The average Bonchev–Trinajstić information content (AvgIpc) is 2.83. The highest BCUT2D eigenvalue weighted by Gasteiger charge is 2.13. The van der Waals surface area contributed by atoms with Gasteiger partial charge in [-0.1, -0.05) is 18.5 Å². The Hall–Kier alpha value is -1.88. The topological polar surface area (TPSA) is 52.3 Å². The van der Waals surface area contributed by atoms with Crippen LogP contribution in [-0.4, -0.2) is 26.7 Å². The summed E-state index contributed by atoms with van der Waals surface area (Å²) in [6.07, 6.45) is 0.772. The Morgan fingerprint density at radius 2 is 2.17 bits per heavy atom. The van der Waals surface area contributed by atoms with Crippen molar-refractivity contribution in [3.8, 4) is 5.75 Å². The number of rotatable bonds is 2. The number of hydrogen-bond donors (Lipinski definition) is 0. The monoisotopic (exact) mass is 262 g/mol. The minimum absolute atomic E-state index is 0.361. The number of aryl methyl sites for hydroxylation is 1. The Morgan fingerprint density at radius 1 is 1.33 bits per heavy atom. The van der Waals surface area contributed by atoms with Crippen LogP contribution in [0, 0.1) is 0 Å². The van der Waals surface area contributed by atoms with E-state index in [1.807, 2.05) is 29.5 Å². The van der Waals surface area contributed by atoms with Crippen LogP contribution < -0.4 is 4.74 Å². The van der Waals surface area contributed by atoms with E-state index in [1.54, 1.807) is 7.11 Å². The Bertz CT molecular complexity index is 738. The van der Waals surface area contributed by atoms with Crippen molar-refractivity contribution in [1.82, 2.24) is 19.6 Å². The fourth-order valence-electron chi connectivity index (χ4n) is 1.99. The third kappa shape index (κ3) is 1.51. The van der Waals surface area contributed by atoms with Crippen LogP contribution in [0.3, 0.4) is 0 Å². The molecule has 0 aliphatic carbocycles. The van der Waals surface area contributed by atoms with Gasteiger partial charge in [0, 0.05) is 12.5 Å². The van der Waals surface area contributed by atoms with Gasteiger partial charge in [-0.05, 0) is 12.1 Å². The quantitative estimate of drug-likeness (QED) is 0.712. The molecule has 3 rings (SSSR count). The lowest BCUT2D eigenvalue weighted by Crippen LogP contribution is -1.98. The van der Waals surface area contributed by atoms with Crippen molar-refractivity contribution >= 4 is 28.3 Å². The van der Waals surface area contributed by atoms with E-state index in [-0.39, 0.29) is 0 Å². The summed E-state index contributed by atoms with van der Waals surface area (Å²) in [5.41, 5.74) is 2.27. The molecule has 0 aliphatic rings. The summed E-state index contributed by atoms with van der Waals surface area (Å²) in [6.45, 7) is 2.02. The standard InChI is InChI=1S/C12H11ClN4O/c1-3-10-15-16-12-11(13)14-8-5-4-7(18-2)6-9(8)17(10)12/h4-6H,3H2,1-2H3. The highest BCUT2D eigenvalue weighted by Crippen LogP contribution is 2.25. The van der Waals surface area contributed by atoms with Crippen molar-refractivity contribution in [2.24, 2.45) is 0 Å². The van der Waals surface area contributed by atoms with E-state index in [0.29, 0.717) is 10.8 Å². The molecule has 0 bridgehead atoms. The fourth-order valence-corrected chi connectivity index (χ4v) is 2.21. The zero-order valence-corrected chi connectivity index (χ0v) is 10.8. The molecule has 0 amide bonds. The Kier molecular flexibility index (Phi) is 2.56. The summed E-state index contributed by atoms with van der Waals surface area (Å²) < 4.78 is 7.16. The Balaban J connectivity index is 2.50. The number of nitrogens with zero attached hydrogens (tertiary/aromatic N) is 4. The van der Waals surface area contributed by atoms with Crippen molar-refractivity contribution in [3.05, 3.63) is 29.2 Å². The van der Waals surface area contributed by atoms with Crippen molar-refractivity contribution in [2.45, 2.75) is 13.3 Å². The first-order valence-corrected chi connectivity index (χ1v) is 5.99. The number of fused-ring (bicyclic) bond motifs is 3. The summed E-state index contributed by atoms with van der Waals surface area (Å²) in [6, 6.07) is 5.64. The van der Waals surface area contributed by atoms with Crippen LogP contribution in [0.15, 0.2) is 18.2 Å². The van der Waals surface area contributed by atoms with Crippen LogP contribution in [-0.2, 0) is 6.42 Å². The highest BCUT2D eigenvalue weighted by molar-refractivity contribution is 6.32. The number of hydrogen-bond acceptors (Lipinski definition) is 4. The largest absolute Gasteiger partial charge is 0.497 e. The van der Waals surface area contributed by atoms with Gasteiger partial charge in [-0.25, -0.2) is 4.98 Å². The minimum Gasteiger partial charge on any atom is -0.497 e. The van der Waals surface area contributed by atoms with Crippen LogP contribution in [0.1, 0.15) is 12.7 Å². The third-order valence-electron chi connectivity index (χ3n) is 2.87. The summed E-state index contributed by atoms with van der Waals surface area (Å²) in [7, 11) is 1.63. The van der Waals surface area contributed by atoms with Crippen molar-refractivity contribution in [1.29, 1.82) is 0 Å². The van der Waals surface area contributed by atoms with Gasteiger partial charge in [0.1, 0.15) is 11.6 Å². The number of benzene rings is 1. The zero-order chi connectivity index (χ0) is 12.7. The van der Waals surface area contributed by atoms with E-state index in [4.69, 9.17) is 16.3 Å². The first kappa shape index (κ1) is 11.2. The molecule has 0 radical (unpaired) electrons. The molecular weight excluding hydrogens is 252 g/mol. The molecule has 2 aromatic heterocycles. The van der Waals surface area contributed by atoms with Gasteiger partial charge in [-0.2, -0.15) is 0 Å². The number of ether oxygens (including phenoxy) is 1. The second-order valence-electron chi connectivity index (χ2n) is 3.89. The van der Waals surface area contributed by atoms with E-state index in [1.165, 1.54) is 0 Å². The van der Waals surface area contributed by atoms with E-state index in [0.717, 1.165) is 29.0 Å². The number of aromatic nitrogens is 4. The first-order valence-electron chi connectivity index (χ1n) is 5.62. The maximum Gasteiger partial charge on any atom is 0.199 e. The zero-order valence-electron chi connectivity index (χ0n) is 10.0. The van der Waals surface area contributed by atoms with Gasteiger partial charge in [0.15, 0.2) is 10.8 Å². The number of halogens is 1. The van der Waals surface area contributed by atoms with E-state index in [2.05, 4.69) is 15.2 Å². The van der Waals surface area contributed by atoms with Crippen LogP contribution in [0.4, 0.5) is 0 Å². The minimum atomic E-state index is 0.361. The van der Waals surface area contributed by atoms with Crippen LogP contribution >= 0.6 is 11.6 Å². The molecule has 0 saturated heterocycles. The van der Waals surface area contributed by atoms with E-state index >= 15 is 0 Å². The Labute approximate surface area is 108 Å². The second-order valence-corrected chi connectivity index (χ2v) is 4.24. The number of methoxy groups -OCH3 is 1. The van der Waals surface area contributed by atoms with Crippen molar-refractivity contribution in [2.75, 3.05) is 7.11 Å². The normalized spacial score (nSPS) is 11.3. The van der Waals surface area contributed by atoms with E-state index in [9.17, 15) is 0 Å². The molecule has 0 aliphatic heterocycles. The van der Waals surface area contributed by atoms with Gasteiger partial charge >= 0.3 is 0 Å². The van der Waals surface area contributed by atoms with Crippen LogP contribution in [0.5, 0.6) is 5.75 Å². The predicted molar refractivity (Wildman–Crippen MR) is 69.2 cm³/mol. The van der Waals surface area contributed by atoms with Gasteiger partial charge in [-0.3, -0.25) is 4.40 Å². The van der Waals surface area contributed by atoms with Gasteiger partial charge in [0.05, 0.1) is 18.1 Å². The smallest absolute Gasteiger partial charge is 0.199 e. The SMILES string of the molecule is CCc1nnc2c(Cl)nc3ccc(OC)cc3n12. The lowest BCUT2D eigenvalue weighted by molar-refractivity contribution is 0.415. The lowest BCUT2D eigenvalue weighted by Gasteiger charge is -2.06. The molecule has 0 fully saturated rings. The molecule has 92 valence electrons. The van der Waals surface area contributed by atoms with Gasteiger partial charge in [-0.15, -0.1) is 10.2 Å². The summed E-state index contributed by atoms with van der Waals surface area (Å²) in [4.78, 5) is 4.31. The predicted octanol–water partition coefficient (Wildman–Crippen LogP) is 2.50. The highest BCUT2D eigenvalue weighted by atomic mass is 35.5. The maximum atomic E-state index is 6.11. The second kappa shape index (κ2) is 4.10. The fraction of sp³-hybridized carbons (Fsp3) is 0.250. The van der Waals surface area contributed by atoms with Gasteiger partial charge in [0.2, 0.25) is 0 Å². The van der Waals surface area contributed by atoms with Gasteiger partial charge in [0.25, 0.3) is 0 Å².